The van der Waals surface area contributed by atoms with Gasteiger partial charge < -0.3 is 0 Å². The minimum absolute atomic E-state index is 0.105. The summed E-state index contributed by atoms with van der Waals surface area (Å²) in [6.07, 6.45) is 0.949. The summed E-state index contributed by atoms with van der Waals surface area (Å²) >= 11 is 8.14. The third kappa shape index (κ3) is 4.36. The average Bonchev–Trinajstić information content (AvgIpc) is 3.57. The molecule has 1 atom stereocenters. The van der Waals surface area contributed by atoms with E-state index in [-0.39, 0.29) is 28.7 Å². The maximum Gasteiger partial charge on any atom is 0.253 e. The van der Waals surface area contributed by atoms with E-state index in [4.69, 9.17) is 11.6 Å². The van der Waals surface area contributed by atoms with E-state index < -0.39 is 21.9 Å². The van der Waals surface area contributed by atoms with Crippen molar-refractivity contribution in [3.8, 4) is 0 Å². The van der Waals surface area contributed by atoms with Crippen molar-refractivity contribution in [2.75, 3.05) is 11.4 Å². The summed E-state index contributed by atoms with van der Waals surface area (Å²) in [6, 6.07) is 16.1. The molecule has 0 aliphatic carbocycles. The molecule has 6 nitrogen and oxygen atoms in total. The summed E-state index contributed by atoms with van der Waals surface area (Å²) in [7, 11) is -3.89. The molecule has 1 aliphatic heterocycles. The predicted octanol–water partition coefficient (Wildman–Crippen LogP) is 5.54. The number of fused-ring (bicyclic) bond motifs is 1. The van der Waals surface area contributed by atoms with Gasteiger partial charge in [-0.25, -0.2) is 17.8 Å². The van der Waals surface area contributed by atoms with Gasteiger partial charge in [0.1, 0.15) is 21.6 Å². The zero-order valence-corrected chi connectivity index (χ0v) is 20.9. The smallest absolute Gasteiger partial charge is 0.253 e. The van der Waals surface area contributed by atoms with E-state index in [1.165, 1.54) is 38.7 Å². The maximum atomic E-state index is 14.3. The second-order valence-electron chi connectivity index (χ2n) is 7.83. The van der Waals surface area contributed by atoms with Crippen LogP contribution >= 0.6 is 34.3 Å². The Labute approximate surface area is 209 Å². The van der Waals surface area contributed by atoms with Crippen LogP contribution in [0.4, 0.5) is 9.52 Å². The van der Waals surface area contributed by atoms with Crippen LogP contribution in [0.15, 0.2) is 64.9 Å². The highest BCUT2D eigenvalue weighted by molar-refractivity contribution is 7.91. The number of halogens is 2. The molecule has 5 rings (SSSR count). The molecule has 0 N–H and O–H groups in total. The lowest BCUT2D eigenvalue weighted by Crippen LogP contribution is -2.47. The number of benzene rings is 2. The Kier molecular flexibility index (Phi) is 6.43. The number of anilines is 1. The molecule has 0 saturated carbocycles. The summed E-state index contributed by atoms with van der Waals surface area (Å²) in [5, 5.41) is 0.331. The summed E-state index contributed by atoms with van der Waals surface area (Å²) < 4.78 is 43.3. The zero-order valence-electron chi connectivity index (χ0n) is 17.7. The van der Waals surface area contributed by atoms with Crippen molar-refractivity contribution in [1.29, 1.82) is 0 Å². The highest BCUT2D eigenvalue weighted by Crippen LogP contribution is 2.36. The monoisotopic (exact) mass is 535 g/mol. The highest BCUT2D eigenvalue weighted by Gasteiger charge is 2.42. The van der Waals surface area contributed by atoms with Gasteiger partial charge in [-0.1, -0.05) is 59.3 Å². The molecule has 0 unspecified atom stereocenters. The Bertz CT molecular complexity index is 1460. The van der Waals surface area contributed by atoms with E-state index >= 15 is 0 Å². The van der Waals surface area contributed by atoms with E-state index in [1.54, 1.807) is 12.1 Å². The lowest BCUT2D eigenvalue weighted by Gasteiger charge is -2.28. The second kappa shape index (κ2) is 9.35. The Balaban J connectivity index is 1.53. The summed E-state index contributed by atoms with van der Waals surface area (Å²) in [4.78, 5) is 19.8. The van der Waals surface area contributed by atoms with Gasteiger partial charge in [-0.3, -0.25) is 9.69 Å². The van der Waals surface area contributed by atoms with Crippen LogP contribution in [-0.2, 0) is 21.4 Å². The molecule has 2 aromatic carbocycles. The number of aromatic nitrogens is 1. The van der Waals surface area contributed by atoms with Crippen LogP contribution in [0.5, 0.6) is 0 Å². The minimum Gasteiger partial charge on any atom is -0.282 e. The SMILES string of the molecule is O=C([C@@H]1CCCN1S(=O)(=O)c1ccc(Cl)s1)N(Cc1ccccc1)c1nc2c(F)cccc2s1. The van der Waals surface area contributed by atoms with Crippen LogP contribution in [-0.4, -0.2) is 36.2 Å². The van der Waals surface area contributed by atoms with E-state index in [9.17, 15) is 17.6 Å². The summed E-state index contributed by atoms with van der Waals surface area (Å²) in [5.74, 6) is -0.848. The third-order valence-electron chi connectivity index (χ3n) is 5.64. The fraction of sp³-hybridized carbons (Fsp3) is 0.217. The van der Waals surface area contributed by atoms with Gasteiger partial charge in [0.05, 0.1) is 15.6 Å². The molecular weight excluding hydrogens is 517 g/mol. The normalized spacial score (nSPS) is 16.8. The fourth-order valence-electron chi connectivity index (χ4n) is 4.03. The molecule has 0 spiro atoms. The Morgan fingerprint density at radius 2 is 1.91 bits per heavy atom. The topological polar surface area (TPSA) is 70.6 Å². The van der Waals surface area contributed by atoms with Crippen LogP contribution < -0.4 is 4.90 Å². The number of carbonyl (C=O) groups is 1. The third-order valence-corrected chi connectivity index (χ3v) is 10.3. The number of amides is 1. The molecule has 34 heavy (non-hydrogen) atoms. The molecule has 3 heterocycles. The Morgan fingerprint density at radius 3 is 2.62 bits per heavy atom. The number of rotatable bonds is 6. The molecule has 4 aromatic rings. The molecule has 0 radical (unpaired) electrons. The molecule has 0 bridgehead atoms. The van der Waals surface area contributed by atoms with Crippen LogP contribution in [0.2, 0.25) is 4.34 Å². The molecular formula is C23H19ClFN3O3S3. The maximum absolute atomic E-state index is 14.3. The average molecular weight is 536 g/mol. The number of hydrogen-bond donors (Lipinski definition) is 0. The highest BCUT2D eigenvalue weighted by atomic mass is 35.5. The van der Waals surface area contributed by atoms with Gasteiger partial charge in [-0.15, -0.1) is 11.3 Å². The summed E-state index contributed by atoms with van der Waals surface area (Å²) in [5.41, 5.74) is 1.05. The van der Waals surface area contributed by atoms with Crippen LogP contribution in [0.1, 0.15) is 18.4 Å². The number of para-hydroxylation sites is 1. The predicted molar refractivity (Wildman–Crippen MR) is 133 cm³/mol. The van der Waals surface area contributed by atoms with E-state index in [2.05, 4.69) is 4.98 Å². The van der Waals surface area contributed by atoms with Crippen molar-refractivity contribution in [3.05, 3.63) is 76.4 Å². The zero-order chi connectivity index (χ0) is 23.9. The first-order chi connectivity index (χ1) is 16.3. The van der Waals surface area contributed by atoms with Gasteiger partial charge >= 0.3 is 0 Å². The summed E-state index contributed by atoms with van der Waals surface area (Å²) in [6.45, 7) is 0.429. The first kappa shape index (κ1) is 23.4. The van der Waals surface area contributed by atoms with Crippen LogP contribution in [0.25, 0.3) is 10.2 Å². The van der Waals surface area contributed by atoms with Gasteiger partial charge in [-0.05, 0) is 42.7 Å². The molecule has 11 heteroatoms. The van der Waals surface area contributed by atoms with Crippen molar-refractivity contribution in [1.82, 2.24) is 9.29 Å². The largest absolute Gasteiger partial charge is 0.282 e. The van der Waals surface area contributed by atoms with Crippen molar-refractivity contribution >= 4 is 65.6 Å². The van der Waals surface area contributed by atoms with Gasteiger partial charge in [0.15, 0.2) is 5.13 Å². The van der Waals surface area contributed by atoms with E-state index in [0.717, 1.165) is 16.9 Å². The first-order valence-electron chi connectivity index (χ1n) is 10.5. The van der Waals surface area contributed by atoms with Crippen LogP contribution in [0, 0.1) is 5.82 Å². The van der Waals surface area contributed by atoms with Crippen molar-refractivity contribution in [3.63, 3.8) is 0 Å². The standard InChI is InChI=1S/C23H19ClFN3O3S3/c24-19-11-12-20(33-19)34(30,31)28-13-5-9-17(28)22(29)27(14-15-6-2-1-3-7-15)23-26-21-16(25)8-4-10-18(21)32-23/h1-4,6-8,10-12,17H,5,9,13-14H2/t17-/m0/s1. The fourth-order valence-corrected chi connectivity index (χ4v) is 8.28. The minimum atomic E-state index is -3.89. The first-order valence-corrected chi connectivity index (χ1v) is 14.0. The molecule has 1 aliphatic rings. The molecule has 2 aromatic heterocycles. The Morgan fingerprint density at radius 1 is 1.12 bits per heavy atom. The van der Waals surface area contributed by atoms with Gasteiger partial charge in [0.25, 0.3) is 10.0 Å². The van der Waals surface area contributed by atoms with Crippen LogP contribution in [0.3, 0.4) is 0 Å². The van der Waals surface area contributed by atoms with Crippen molar-refractivity contribution < 1.29 is 17.6 Å². The molecule has 1 saturated heterocycles. The number of hydrogen-bond acceptors (Lipinski definition) is 6. The second-order valence-corrected chi connectivity index (χ2v) is 12.7. The van der Waals surface area contributed by atoms with Gasteiger partial charge in [0, 0.05) is 6.54 Å². The van der Waals surface area contributed by atoms with Crippen molar-refractivity contribution in [2.45, 2.75) is 29.6 Å². The van der Waals surface area contributed by atoms with E-state index in [0.29, 0.717) is 27.0 Å². The number of carbonyl (C=O) groups excluding carboxylic acids is 1. The van der Waals surface area contributed by atoms with Crippen molar-refractivity contribution in [2.24, 2.45) is 0 Å². The number of thiazole rings is 1. The molecule has 1 fully saturated rings. The van der Waals surface area contributed by atoms with Gasteiger partial charge in [0.2, 0.25) is 5.91 Å². The Hall–Kier alpha value is -2.37. The number of thiophene rings is 1. The quantitative estimate of drug-likeness (QED) is 0.325. The lowest BCUT2D eigenvalue weighted by molar-refractivity contribution is -0.121. The number of sulfonamides is 1. The lowest BCUT2D eigenvalue weighted by atomic mass is 10.1. The van der Waals surface area contributed by atoms with E-state index in [1.807, 2.05) is 30.3 Å². The molecule has 1 amide bonds. The number of nitrogens with zero attached hydrogens (tertiary/aromatic N) is 3. The van der Waals surface area contributed by atoms with Gasteiger partial charge in [-0.2, -0.15) is 4.31 Å². The molecule has 176 valence electrons.